The summed E-state index contributed by atoms with van der Waals surface area (Å²) in [5, 5.41) is 16.1. The highest BCUT2D eigenvalue weighted by atomic mass is 32.2. The Balaban J connectivity index is 2.41. The molecule has 9 heteroatoms. The number of piperidine rings is 1. The van der Waals surface area contributed by atoms with Gasteiger partial charge in [0.2, 0.25) is 10.0 Å². The Bertz CT molecular complexity index is 623. The van der Waals surface area contributed by atoms with Gasteiger partial charge in [-0.2, -0.15) is 0 Å². The smallest absolute Gasteiger partial charge is 0.293 e. The van der Waals surface area contributed by atoms with Crippen LogP contribution in [0.25, 0.3) is 0 Å². The van der Waals surface area contributed by atoms with Gasteiger partial charge in [-0.15, -0.1) is 0 Å². The van der Waals surface area contributed by atoms with Crippen molar-refractivity contribution in [2.45, 2.75) is 23.8 Å². The number of hydrogen-bond donors (Lipinski definition) is 2. The maximum atomic E-state index is 11.3. The highest BCUT2D eigenvalue weighted by Gasteiger charge is 2.25. The summed E-state index contributed by atoms with van der Waals surface area (Å²) in [6, 6.07) is 3.81. The maximum absolute atomic E-state index is 11.3. The number of rotatable bonds is 3. The van der Waals surface area contributed by atoms with Crippen LogP contribution in [0.1, 0.15) is 12.8 Å². The van der Waals surface area contributed by atoms with Gasteiger partial charge in [0, 0.05) is 25.2 Å². The minimum absolute atomic E-state index is 0.106. The van der Waals surface area contributed by atoms with Crippen molar-refractivity contribution in [2.24, 2.45) is 10.9 Å². The van der Waals surface area contributed by atoms with E-state index in [1.54, 1.807) is 0 Å². The van der Waals surface area contributed by atoms with Crippen molar-refractivity contribution in [2.75, 3.05) is 18.0 Å². The van der Waals surface area contributed by atoms with E-state index < -0.39 is 14.9 Å². The highest BCUT2D eigenvalue weighted by Crippen LogP contribution is 2.32. The number of nitrogens with zero attached hydrogens (tertiary/aromatic N) is 2. The molecule has 0 spiro atoms. The van der Waals surface area contributed by atoms with Crippen LogP contribution in [0, 0.1) is 10.1 Å². The van der Waals surface area contributed by atoms with Gasteiger partial charge in [-0.3, -0.25) is 10.1 Å². The zero-order valence-electron chi connectivity index (χ0n) is 10.7. The molecule has 1 saturated heterocycles. The number of nitro benzene ring substituents is 1. The predicted molar refractivity (Wildman–Crippen MR) is 73.9 cm³/mol. The molecule has 0 atom stereocenters. The van der Waals surface area contributed by atoms with E-state index in [4.69, 9.17) is 10.9 Å². The monoisotopic (exact) mass is 300 g/mol. The van der Waals surface area contributed by atoms with E-state index in [0.29, 0.717) is 18.8 Å². The van der Waals surface area contributed by atoms with Crippen LogP contribution in [0.3, 0.4) is 0 Å². The van der Waals surface area contributed by atoms with Crippen LogP contribution in [0.5, 0.6) is 0 Å². The van der Waals surface area contributed by atoms with E-state index in [-0.39, 0.29) is 16.6 Å². The molecular formula is C11H16N4O4S. The summed E-state index contributed by atoms with van der Waals surface area (Å²) in [6.07, 6.45) is 1.49. The molecular weight excluding hydrogens is 284 g/mol. The minimum Gasteiger partial charge on any atom is -0.366 e. The Kier molecular flexibility index (Phi) is 3.93. The second-order valence-corrected chi connectivity index (χ2v) is 6.34. The molecule has 110 valence electrons. The molecule has 2 rings (SSSR count). The Labute approximate surface area is 116 Å². The van der Waals surface area contributed by atoms with E-state index >= 15 is 0 Å². The van der Waals surface area contributed by atoms with Crippen LogP contribution in [-0.4, -0.2) is 32.5 Å². The van der Waals surface area contributed by atoms with Gasteiger partial charge >= 0.3 is 0 Å². The first-order valence-corrected chi connectivity index (χ1v) is 7.65. The molecule has 8 nitrogen and oxygen atoms in total. The van der Waals surface area contributed by atoms with E-state index in [9.17, 15) is 18.5 Å². The summed E-state index contributed by atoms with van der Waals surface area (Å²) in [7, 11) is -3.96. The number of benzene rings is 1. The number of nitro groups is 1. The SMILES string of the molecule is NC1CCN(c2ccc(S(N)(=O)=O)cc2[N+](=O)[O-])CC1. The minimum atomic E-state index is -3.96. The fourth-order valence-corrected chi connectivity index (χ4v) is 2.77. The Morgan fingerprint density at radius 2 is 1.90 bits per heavy atom. The molecule has 4 N–H and O–H groups in total. The molecule has 0 bridgehead atoms. The lowest BCUT2D eigenvalue weighted by molar-refractivity contribution is -0.384. The first-order chi connectivity index (χ1) is 9.29. The quantitative estimate of drug-likeness (QED) is 0.604. The van der Waals surface area contributed by atoms with Gasteiger partial charge in [-0.1, -0.05) is 0 Å². The Morgan fingerprint density at radius 1 is 1.30 bits per heavy atom. The lowest BCUT2D eigenvalue weighted by Gasteiger charge is -2.31. The first kappa shape index (κ1) is 14.7. The maximum Gasteiger partial charge on any atom is 0.293 e. The van der Waals surface area contributed by atoms with Gasteiger partial charge < -0.3 is 10.6 Å². The highest BCUT2D eigenvalue weighted by molar-refractivity contribution is 7.89. The second kappa shape index (κ2) is 5.35. The van der Waals surface area contributed by atoms with Crippen LogP contribution in [0.2, 0.25) is 0 Å². The number of anilines is 1. The number of hydrogen-bond acceptors (Lipinski definition) is 6. The molecule has 0 unspecified atom stereocenters. The fourth-order valence-electron chi connectivity index (χ4n) is 2.23. The average molecular weight is 300 g/mol. The largest absolute Gasteiger partial charge is 0.366 e. The van der Waals surface area contributed by atoms with Gasteiger partial charge in [-0.05, 0) is 25.0 Å². The topological polar surface area (TPSA) is 133 Å². The van der Waals surface area contributed by atoms with Gasteiger partial charge in [0.1, 0.15) is 5.69 Å². The molecule has 0 aromatic heterocycles. The molecule has 20 heavy (non-hydrogen) atoms. The molecule has 1 aromatic carbocycles. The van der Waals surface area contributed by atoms with Crippen molar-refractivity contribution >= 4 is 21.4 Å². The van der Waals surface area contributed by atoms with Crippen molar-refractivity contribution in [3.63, 3.8) is 0 Å². The third kappa shape index (κ3) is 3.06. The summed E-state index contributed by atoms with van der Waals surface area (Å²) >= 11 is 0. The zero-order chi connectivity index (χ0) is 14.9. The molecule has 0 amide bonds. The summed E-state index contributed by atoms with van der Waals surface area (Å²) in [6.45, 7) is 1.22. The Morgan fingerprint density at radius 3 is 2.40 bits per heavy atom. The molecule has 0 radical (unpaired) electrons. The van der Waals surface area contributed by atoms with Crippen LogP contribution in [0.4, 0.5) is 11.4 Å². The summed E-state index contributed by atoms with van der Waals surface area (Å²) in [5.41, 5.74) is 5.94. The van der Waals surface area contributed by atoms with E-state index in [1.165, 1.54) is 12.1 Å². The summed E-state index contributed by atoms with van der Waals surface area (Å²) in [4.78, 5) is 12.1. The third-order valence-electron chi connectivity index (χ3n) is 3.35. The second-order valence-electron chi connectivity index (χ2n) is 4.78. The Hall–Kier alpha value is -1.71. The van der Waals surface area contributed by atoms with Crippen LogP contribution >= 0.6 is 0 Å². The lowest BCUT2D eigenvalue weighted by Crippen LogP contribution is -2.39. The zero-order valence-corrected chi connectivity index (χ0v) is 11.5. The summed E-state index contributed by atoms with van der Waals surface area (Å²) < 4.78 is 22.5. The van der Waals surface area contributed by atoms with E-state index in [1.807, 2.05) is 4.90 Å². The predicted octanol–water partition coefficient (Wildman–Crippen LogP) is 0.170. The van der Waals surface area contributed by atoms with E-state index in [2.05, 4.69) is 0 Å². The molecule has 1 aliphatic rings. The van der Waals surface area contributed by atoms with Gasteiger partial charge in [-0.25, -0.2) is 13.6 Å². The van der Waals surface area contributed by atoms with Crippen molar-refractivity contribution in [3.8, 4) is 0 Å². The number of nitrogens with two attached hydrogens (primary N) is 2. The van der Waals surface area contributed by atoms with Crippen molar-refractivity contribution in [1.82, 2.24) is 0 Å². The standard InChI is InChI=1S/C11H16N4O4S/c12-8-3-5-14(6-4-8)10-2-1-9(20(13,18)19)7-11(10)15(16)17/h1-2,7-8H,3-6,12H2,(H2,13,18,19). The molecule has 1 aliphatic heterocycles. The molecule has 1 fully saturated rings. The van der Waals surface area contributed by atoms with E-state index in [0.717, 1.165) is 18.9 Å². The van der Waals surface area contributed by atoms with Crippen molar-refractivity contribution in [3.05, 3.63) is 28.3 Å². The number of primary sulfonamides is 1. The average Bonchev–Trinajstić information content (AvgIpc) is 2.38. The van der Waals surface area contributed by atoms with Gasteiger partial charge in [0.15, 0.2) is 0 Å². The normalized spacial score (nSPS) is 17.2. The fraction of sp³-hybridized carbons (Fsp3) is 0.455. The van der Waals surface area contributed by atoms with Gasteiger partial charge in [0.05, 0.1) is 9.82 Å². The molecule has 1 heterocycles. The first-order valence-electron chi connectivity index (χ1n) is 6.11. The molecule has 0 aliphatic carbocycles. The van der Waals surface area contributed by atoms with Gasteiger partial charge in [0.25, 0.3) is 5.69 Å². The van der Waals surface area contributed by atoms with Crippen LogP contribution < -0.4 is 15.8 Å². The molecule has 1 aromatic rings. The van der Waals surface area contributed by atoms with Crippen LogP contribution in [-0.2, 0) is 10.0 Å². The van der Waals surface area contributed by atoms with Crippen molar-refractivity contribution in [1.29, 1.82) is 0 Å². The van der Waals surface area contributed by atoms with Crippen molar-refractivity contribution < 1.29 is 13.3 Å². The summed E-state index contributed by atoms with van der Waals surface area (Å²) in [5.74, 6) is 0. The lowest BCUT2D eigenvalue weighted by atomic mass is 10.1. The molecule has 0 saturated carbocycles. The number of sulfonamides is 1. The third-order valence-corrected chi connectivity index (χ3v) is 4.26. The van der Waals surface area contributed by atoms with Crippen LogP contribution in [0.15, 0.2) is 23.1 Å².